The summed E-state index contributed by atoms with van der Waals surface area (Å²) in [5, 5.41) is 8.88. The summed E-state index contributed by atoms with van der Waals surface area (Å²) in [6.45, 7) is 0. The molecular weight excluding hydrogens is 192 g/mol. The zero-order valence-electron chi connectivity index (χ0n) is 9.09. The maximum absolute atomic E-state index is 10.8. The van der Waals surface area contributed by atoms with Crippen molar-refractivity contribution in [2.75, 3.05) is 0 Å². The molecule has 2 aliphatic rings. The molecule has 0 amide bonds. The van der Waals surface area contributed by atoms with E-state index < -0.39 is 12.0 Å². The summed E-state index contributed by atoms with van der Waals surface area (Å²) >= 11 is 0. The minimum absolute atomic E-state index is 0.183. The number of hydrogen-bond donors (Lipinski definition) is 3. The lowest BCUT2D eigenvalue weighted by molar-refractivity contribution is -0.141. The van der Waals surface area contributed by atoms with Crippen LogP contribution in [0.1, 0.15) is 51.4 Å². The van der Waals surface area contributed by atoms with E-state index >= 15 is 0 Å². The van der Waals surface area contributed by atoms with Gasteiger partial charge in [0.2, 0.25) is 0 Å². The van der Waals surface area contributed by atoms with E-state index in [1.54, 1.807) is 0 Å². The van der Waals surface area contributed by atoms with Crippen molar-refractivity contribution in [1.29, 1.82) is 0 Å². The molecule has 4 heteroatoms. The second-order valence-electron chi connectivity index (χ2n) is 4.89. The number of nitrogens with one attached hydrogen (secondary N) is 2. The molecule has 4 nitrogen and oxygen atoms in total. The van der Waals surface area contributed by atoms with E-state index in [1.807, 2.05) is 0 Å². The van der Waals surface area contributed by atoms with E-state index in [0.717, 1.165) is 12.8 Å². The van der Waals surface area contributed by atoms with E-state index in [2.05, 4.69) is 10.9 Å². The van der Waals surface area contributed by atoms with Gasteiger partial charge in [0.15, 0.2) is 0 Å². The third kappa shape index (κ3) is 2.49. The summed E-state index contributed by atoms with van der Waals surface area (Å²) in [6, 6.07) is -0.404. The van der Waals surface area contributed by atoms with Crippen LogP contribution in [0.15, 0.2) is 0 Å². The number of hydrazine groups is 1. The average Bonchev–Trinajstić information content (AvgIpc) is 2.45. The van der Waals surface area contributed by atoms with E-state index in [0.29, 0.717) is 0 Å². The molecule has 1 atom stereocenters. The molecule has 1 unspecified atom stereocenters. The van der Waals surface area contributed by atoms with Crippen molar-refractivity contribution in [3.8, 4) is 0 Å². The molecule has 1 aliphatic carbocycles. The van der Waals surface area contributed by atoms with Gasteiger partial charge in [-0.3, -0.25) is 10.2 Å². The molecule has 0 bridgehead atoms. The molecule has 1 heterocycles. The van der Waals surface area contributed by atoms with E-state index in [1.165, 1.54) is 38.5 Å². The summed E-state index contributed by atoms with van der Waals surface area (Å²) in [5.74, 6) is -0.744. The number of carboxylic acids is 1. The van der Waals surface area contributed by atoms with Crippen LogP contribution in [0, 0.1) is 0 Å². The summed E-state index contributed by atoms with van der Waals surface area (Å²) in [6.07, 6.45) is 9.31. The molecule has 0 radical (unpaired) electrons. The number of carboxylic acid groups (broad SMARTS) is 1. The van der Waals surface area contributed by atoms with Crippen LogP contribution in [0.4, 0.5) is 0 Å². The van der Waals surface area contributed by atoms with Crippen LogP contribution in [-0.2, 0) is 4.79 Å². The van der Waals surface area contributed by atoms with Gasteiger partial charge in [-0.2, -0.15) is 0 Å². The van der Waals surface area contributed by atoms with Gasteiger partial charge >= 0.3 is 5.97 Å². The Hall–Kier alpha value is -0.610. The Morgan fingerprint density at radius 1 is 1.13 bits per heavy atom. The van der Waals surface area contributed by atoms with Crippen molar-refractivity contribution in [1.82, 2.24) is 10.9 Å². The first-order valence-electron chi connectivity index (χ1n) is 5.97. The van der Waals surface area contributed by atoms with Gasteiger partial charge in [-0.15, -0.1) is 0 Å². The highest BCUT2D eigenvalue weighted by Crippen LogP contribution is 2.32. The summed E-state index contributed by atoms with van der Waals surface area (Å²) in [5.41, 5.74) is 6.42. The SMILES string of the molecule is O=C(O)C1CCC2(CCCCCC2)NN1. The first-order valence-corrected chi connectivity index (χ1v) is 5.97. The Bertz CT molecular complexity index is 225. The van der Waals surface area contributed by atoms with Crippen molar-refractivity contribution in [3.63, 3.8) is 0 Å². The van der Waals surface area contributed by atoms with Gasteiger partial charge in [0, 0.05) is 5.54 Å². The average molecular weight is 212 g/mol. The zero-order chi connectivity index (χ0) is 10.7. The number of aliphatic carboxylic acids is 1. The first-order chi connectivity index (χ1) is 7.22. The van der Waals surface area contributed by atoms with Crippen molar-refractivity contribution in [3.05, 3.63) is 0 Å². The van der Waals surface area contributed by atoms with Gasteiger partial charge in [0.1, 0.15) is 6.04 Å². The van der Waals surface area contributed by atoms with Gasteiger partial charge in [-0.1, -0.05) is 25.7 Å². The molecule has 1 saturated heterocycles. The van der Waals surface area contributed by atoms with Crippen LogP contribution in [0.25, 0.3) is 0 Å². The quantitative estimate of drug-likeness (QED) is 0.615. The highest BCUT2D eigenvalue weighted by atomic mass is 16.4. The lowest BCUT2D eigenvalue weighted by Crippen LogP contribution is -2.61. The van der Waals surface area contributed by atoms with Crippen molar-refractivity contribution in [2.45, 2.75) is 62.9 Å². The largest absolute Gasteiger partial charge is 0.480 e. The molecule has 0 aromatic rings. The third-order valence-electron chi connectivity index (χ3n) is 3.78. The normalized spacial score (nSPS) is 31.1. The predicted molar refractivity (Wildman–Crippen MR) is 57.4 cm³/mol. The Kier molecular flexibility index (Phi) is 3.26. The minimum atomic E-state index is -0.744. The summed E-state index contributed by atoms with van der Waals surface area (Å²) < 4.78 is 0. The molecule has 1 saturated carbocycles. The standard InChI is InChI=1S/C11H20N2O2/c14-10(15)9-5-8-11(13-12-9)6-3-1-2-4-7-11/h9,12-13H,1-8H2,(H,14,15). The number of carbonyl (C=O) groups is 1. The predicted octanol–water partition coefficient (Wildman–Crippen LogP) is 1.42. The molecule has 2 fully saturated rings. The maximum atomic E-state index is 10.8. The van der Waals surface area contributed by atoms with E-state index in [-0.39, 0.29) is 5.54 Å². The minimum Gasteiger partial charge on any atom is -0.480 e. The molecule has 15 heavy (non-hydrogen) atoms. The number of rotatable bonds is 1. The Labute approximate surface area is 90.4 Å². The molecule has 3 N–H and O–H groups in total. The highest BCUT2D eigenvalue weighted by molar-refractivity contribution is 5.73. The smallest absolute Gasteiger partial charge is 0.322 e. The Morgan fingerprint density at radius 3 is 2.27 bits per heavy atom. The summed E-state index contributed by atoms with van der Waals surface area (Å²) in [4.78, 5) is 10.8. The molecule has 86 valence electrons. The Morgan fingerprint density at radius 2 is 1.80 bits per heavy atom. The van der Waals surface area contributed by atoms with Crippen LogP contribution in [0.3, 0.4) is 0 Å². The van der Waals surface area contributed by atoms with Crippen LogP contribution in [0.5, 0.6) is 0 Å². The van der Waals surface area contributed by atoms with Crippen LogP contribution >= 0.6 is 0 Å². The third-order valence-corrected chi connectivity index (χ3v) is 3.78. The fraction of sp³-hybridized carbons (Fsp3) is 0.909. The Balaban J connectivity index is 1.92. The van der Waals surface area contributed by atoms with Gasteiger partial charge in [-0.25, -0.2) is 5.43 Å². The molecule has 1 spiro atoms. The van der Waals surface area contributed by atoms with E-state index in [9.17, 15) is 4.79 Å². The molecule has 1 aliphatic heterocycles. The van der Waals surface area contributed by atoms with Gasteiger partial charge in [0.05, 0.1) is 0 Å². The fourth-order valence-electron chi connectivity index (χ4n) is 2.76. The fourth-order valence-corrected chi connectivity index (χ4v) is 2.76. The van der Waals surface area contributed by atoms with Crippen LogP contribution in [-0.4, -0.2) is 22.7 Å². The van der Waals surface area contributed by atoms with E-state index in [4.69, 9.17) is 5.11 Å². The zero-order valence-corrected chi connectivity index (χ0v) is 9.09. The van der Waals surface area contributed by atoms with Crippen molar-refractivity contribution < 1.29 is 9.90 Å². The van der Waals surface area contributed by atoms with Crippen LogP contribution < -0.4 is 10.9 Å². The van der Waals surface area contributed by atoms with Gasteiger partial charge in [-0.05, 0) is 25.7 Å². The summed E-state index contributed by atoms with van der Waals surface area (Å²) in [7, 11) is 0. The molecule has 0 aromatic carbocycles. The second kappa shape index (κ2) is 4.49. The lowest BCUT2D eigenvalue weighted by atomic mass is 9.83. The highest BCUT2D eigenvalue weighted by Gasteiger charge is 2.36. The van der Waals surface area contributed by atoms with Crippen molar-refractivity contribution >= 4 is 5.97 Å². The number of hydrogen-bond acceptors (Lipinski definition) is 3. The molecule has 0 aromatic heterocycles. The van der Waals surface area contributed by atoms with Crippen LogP contribution in [0.2, 0.25) is 0 Å². The van der Waals surface area contributed by atoms with Gasteiger partial charge < -0.3 is 5.11 Å². The molecular formula is C11H20N2O2. The lowest BCUT2D eigenvalue weighted by Gasteiger charge is -2.40. The van der Waals surface area contributed by atoms with Crippen molar-refractivity contribution in [2.24, 2.45) is 0 Å². The van der Waals surface area contributed by atoms with Gasteiger partial charge in [0.25, 0.3) is 0 Å². The second-order valence-corrected chi connectivity index (χ2v) is 4.89. The topological polar surface area (TPSA) is 61.4 Å². The monoisotopic (exact) mass is 212 g/mol. The first kappa shape index (κ1) is 10.9. The molecule has 2 rings (SSSR count). The maximum Gasteiger partial charge on any atom is 0.322 e.